The highest BCUT2D eigenvalue weighted by molar-refractivity contribution is 5.77. The van der Waals surface area contributed by atoms with Crippen molar-refractivity contribution in [2.24, 2.45) is 0 Å². The number of amides is 1. The second-order valence-electron chi connectivity index (χ2n) is 5.63. The van der Waals surface area contributed by atoms with Gasteiger partial charge in [0.05, 0.1) is 0 Å². The normalized spacial score (nSPS) is 11.2. The van der Waals surface area contributed by atoms with Gasteiger partial charge in [-0.3, -0.25) is 4.79 Å². The van der Waals surface area contributed by atoms with E-state index in [1.54, 1.807) is 7.05 Å². The second-order valence-corrected chi connectivity index (χ2v) is 5.63. The highest BCUT2D eigenvalue weighted by atomic mass is 16.5. The predicted octanol–water partition coefficient (Wildman–Crippen LogP) is 2.01. The Hall–Kier alpha value is -1.55. The fourth-order valence-electron chi connectivity index (χ4n) is 1.63. The van der Waals surface area contributed by atoms with Gasteiger partial charge in [-0.2, -0.15) is 0 Å². The quantitative estimate of drug-likeness (QED) is 0.855. The summed E-state index contributed by atoms with van der Waals surface area (Å²) < 4.78 is 5.63. The standard InChI is InChI=1S/C15H24N2O2/c1-11-7-6-8-12(9-17-15(2,3)4)14(11)19-10-13(18)16-5/h6-8,17H,9-10H2,1-5H3,(H,16,18). The number of hydrogen-bond acceptors (Lipinski definition) is 3. The summed E-state index contributed by atoms with van der Waals surface area (Å²) in [6, 6.07) is 6.01. The molecule has 4 nitrogen and oxygen atoms in total. The first-order chi connectivity index (χ1) is 8.83. The number of carbonyl (C=O) groups excluding carboxylic acids is 1. The van der Waals surface area contributed by atoms with Crippen LogP contribution >= 0.6 is 0 Å². The van der Waals surface area contributed by atoms with Crippen LogP contribution in [0.5, 0.6) is 5.75 Å². The van der Waals surface area contributed by atoms with Crippen LogP contribution in [-0.2, 0) is 11.3 Å². The molecule has 4 heteroatoms. The van der Waals surface area contributed by atoms with Gasteiger partial charge in [-0.15, -0.1) is 0 Å². The number of likely N-dealkylation sites (N-methyl/N-ethyl adjacent to an activating group) is 1. The monoisotopic (exact) mass is 264 g/mol. The first kappa shape index (κ1) is 15.5. The van der Waals surface area contributed by atoms with E-state index in [0.29, 0.717) is 6.54 Å². The lowest BCUT2D eigenvalue weighted by Gasteiger charge is -2.22. The minimum absolute atomic E-state index is 0.0435. The fourth-order valence-corrected chi connectivity index (χ4v) is 1.63. The Morgan fingerprint density at radius 3 is 2.58 bits per heavy atom. The summed E-state index contributed by atoms with van der Waals surface area (Å²) in [4.78, 5) is 11.3. The maximum Gasteiger partial charge on any atom is 0.257 e. The third-order valence-corrected chi connectivity index (χ3v) is 2.73. The molecule has 0 aliphatic carbocycles. The van der Waals surface area contributed by atoms with Gasteiger partial charge in [-0.25, -0.2) is 0 Å². The molecular weight excluding hydrogens is 240 g/mol. The van der Waals surface area contributed by atoms with Gasteiger partial charge in [0.15, 0.2) is 6.61 Å². The highest BCUT2D eigenvalue weighted by Gasteiger charge is 2.13. The van der Waals surface area contributed by atoms with Crippen LogP contribution in [0.15, 0.2) is 18.2 Å². The Labute approximate surface area is 115 Å². The molecule has 1 rings (SSSR count). The molecule has 0 aliphatic heterocycles. The third kappa shape index (κ3) is 5.30. The summed E-state index contributed by atoms with van der Waals surface area (Å²) in [6.07, 6.45) is 0. The smallest absolute Gasteiger partial charge is 0.257 e. The van der Waals surface area contributed by atoms with E-state index in [0.717, 1.165) is 16.9 Å². The maximum atomic E-state index is 11.3. The summed E-state index contributed by atoms with van der Waals surface area (Å²) in [5.41, 5.74) is 2.15. The molecule has 1 amide bonds. The largest absolute Gasteiger partial charge is 0.483 e. The maximum absolute atomic E-state index is 11.3. The zero-order valence-electron chi connectivity index (χ0n) is 12.5. The predicted molar refractivity (Wildman–Crippen MR) is 77.3 cm³/mol. The number of nitrogens with one attached hydrogen (secondary N) is 2. The van der Waals surface area contributed by atoms with Gasteiger partial charge >= 0.3 is 0 Å². The van der Waals surface area contributed by atoms with Gasteiger partial charge in [0.25, 0.3) is 5.91 Å². The van der Waals surface area contributed by atoms with Crippen molar-refractivity contribution < 1.29 is 9.53 Å². The molecule has 0 radical (unpaired) electrons. The van der Waals surface area contributed by atoms with E-state index in [4.69, 9.17) is 4.74 Å². The molecular formula is C15H24N2O2. The van der Waals surface area contributed by atoms with Crippen molar-refractivity contribution >= 4 is 5.91 Å². The number of carbonyl (C=O) groups is 1. The van der Waals surface area contributed by atoms with E-state index in [2.05, 4.69) is 31.4 Å². The molecule has 0 fully saturated rings. The van der Waals surface area contributed by atoms with Crippen molar-refractivity contribution in [2.45, 2.75) is 39.8 Å². The van der Waals surface area contributed by atoms with Crippen LogP contribution in [0.4, 0.5) is 0 Å². The number of benzene rings is 1. The number of ether oxygens (including phenoxy) is 1. The van der Waals surface area contributed by atoms with Crippen LogP contribution < -0.4 is 15.4 Å². The minimum Gasteiger partial charge on any atom is -0.483 e. The molecule has 0 aromatic heterocycles. The minimum atomic E-state index is -0.127. The van der Waals surface area contributed by atoms with Crippen LogP contribution in [0.3, 0.4) is 0 Å². The Kier molecular flexibility index (Phi) is 5.36. The number of rotatable bonds is 5. The van der Waals surface area contributed by atoms with E-state index in [1.807, 2.05) is 25.1 Å². The second kappa shape index (κ2) is 6.57. The number of hydrogen-bond donors (Lipinski definition) is 2. The molecule has 0 saturated heterocycles. The van der Waals surface area contributed by atoms with Gasteiger partial charge in [0.2, 0.25) is 0 Å². The van der Waals surface area contributed by atoms with Gasteiger partial charge in [-0.05, 0) is 33.3 Å². The summed E-state index contributed by atoms with van der Waals surface area (Å²) in [5, 5.41) is 5.98. The van der Waals surface area contributed by atoms with Crippen molar-refractivity contribution in [3.8, 4) is 5.75 Å². The average molecular weight is 264 g/mol. The molecule has 0 unspecified atom stereocenters. The zero-order chi connectivity index (χ0) is 14.5. The van der Waals surface area contributed by atoms with Gasteiger partial charge < -0.3 is 15.4 Å². The molecule has 1 aromatic rings. The molecule has 2 N–H and O–H groups in total. The molecule has 0 saturated carbocycles. The first-order valence-corrected chi connectivity index (χ1v) is 6.50. The average Bonchev–Trinajstić information content (AvgIpc) is 2.33. The zero-order valence-corrected chi connectivity index (χ0v) is 12.5. The summed E-state index contributed by atoms with van der Waals surface area (Å²) in [6.45, 7) is 9.10. The Balaban J connectivity index is 2.80. The van der Waals surface area contributed by atoms with E-state index < -0.39 is 0 Å². The Morgan fingerprint density at radius 1 is 1.32 bits per heavy atom. The molecule has 1 aromatic carbocycles. The molecule has 19 heavy (non-hydrogen) atoms. The first-order valence-electron chi connectivity index (χ1n) is 6.50. The van der Waals surface area contributed by atoms with E-state index in [9.17, 15) is 4.79 Å². The van der Waals surface area contributed by atoms with Gasteiger partial charge in [-0.1, -0.05) is 18.2 Å². The number of aryl methyl sites for hydroxylation is 1. The topological polar surface area (TPSA) is 50.4 Å². The van der Waals surface area contributed by atoms with E-state index >= 15 is 0 Å². The van der Waals surface area contributed by atoms with Crippen LogP contribution in [0.2, 0.25) is 0 Å². The molecule has 0 spiro atoms. The van der Waals surface area contributed by atoms with Crippen LogP contribution in [-0.4, -0.2) is 25.1 Å². The van der Waals surface area contributed by atoms with Crippen LogP contribution in [0, 0.1) is 6.92 Å². The summed E-state index contributed by atoms with van der Waals surface area (Å²) in [5.74, 6) is 0.667. The lowest BCUT2D eigenvalue weighted by molar-refractivity contribution is -0.122. The van der Waals surface area contributed by atoms with Crippen molar-refractivity contribution in [2.75, 3.05) is 13.7 Å². The van der Waals surface area contributed by atoms with Crippen molar-refractivity contribution in [1.29, 1.82) is 0 Å². The molecule has 0 atom stereocenters. The Morgan fingerprint density at radius 2 is 2.00 bits per heavy atom. The lowest BCUT2D eigenvalue weighted by atomic mass is 10.1. The highest BCUT2D eigenvalue weighted by Crippen LogP contribution is 2.23. The molecule has 0 bridgehead atoms. The number of para-hydroxylation sites is 1. The SMILES string of the molecule is CNC(=O)COc1c(C)cccc1CNC(C)(C)C. The molecule has 0 aliphatic rings. The van der Waals surface area contributed by atoms with E-state index in [-0.39, 0.29) is 18.1 Å². The van der Waals surface area contributed by atoms with Crippen LogP contribution in [0.1, 0.15) is 31.9 Å². The van der Waals surface area contributed by atoms with Crippen molar-refractivity contribution in [1.82, 2.24) is 10.6 Å². The summed E-state index contributed by atoms with van der Waals surface area (Å²) in [7, 11) is 1.60. The Bertz CT molecular complexity index is 436. The van der Waals surface area contributed by atoms with Crippen molar-refractivity contribution in [3.05, 3.63) is 29.3 Å². The fraction of sp³-hybridized carbons (Fsp3) is 0.533. The van der Waals surface area contributed by atoms with Crippen molar-refractivity contribution in [3.63, 3.8) is 0 Å². The van der Waals surface area contributed by atoms with Crippen LogP contribution in [0.25, 0.3) is 0 Å². The van der Waals surface area contributed by atoms with Gasteiger partial charge in [0, 0.05) is 24.7 Å². The van der Waals surface area contributed by atoms with E-state index in [1.165, 1.54) is 0 Å². The lowest BCUT2D eigenvalue weighted by Crippen LogP contribution is -2.35. The summed E-state index contributed by atoms with van der Waals surface area (Å²) >= 11 is 0. The van der Waals surface area contributed by atoms with Gasteiger partial charge in [0.1, 0.15) is 5.75 Å². The molecule has 106 valence electrons. The molecule has 0 heterocycles. The third-order valence-electron chi connectivity index (χ3n) is 2.73.